The molecule has 2 rings (SSSR count). The van der Waals surface area contributed by atoms with Crippen molar-refractivity contribution in [2.45, 2.75) is 51.9 Å². The van der Waals surface area contributed by atoms with Gasteiger partial charge < -0.3 is 10.1 Å². The number of rotatable bonds is 4. The van der Waals surface area contributed by atoms with E-state index in [-0.39, 0.29) is 0 Å². The van der Waals surface area contributed by atoms with Gasteiger partial charge in [0.05, 0.1) is 7.11 Å². The molecule has 1 unspecified atom stereocenters. The molecule has 0 bridgehead atoms. The Kier molecular flexibility index (Phi) is 4.87. The highest BCUT2D eigenvalue weighted by atomic mass is 16.5. The molecular formula is C17H27NO. The van der Waals surface area contributed by atoms with Crippen molar-refractivity contribution < 1.29 is 4.74 Å². The summed E-state index contributed by atoms with van der Waals surface area (Å²) in [7, 11) is 1.82. The lowest BCUT2D eigenvalue weighted by Crippen LogP contribution is -2.29. The van der Waals surface area contributed by atoms with Crippen LogP contribution in [0.2, 0.25) is 0 Å². The van der Waals surface area contributed by atoms with Gasteiger partial charge in [-0.2, -0.15) is 0 Å². The maximum absolute atomic E-state index is 5.78. The van der Waals surface area contributed by atoms with Crippen molar-refractivity contribution in [1.29, 1.82) is 0 Å². The molecule has 1 N–H and O–H groups in total. The third-order valence-corrected chi connectivity index (χ3v) is 4.22. The maximum atomic E-state index is 5.78. The molecule has 0 aromatic heterocycles. The second kappa shape index (κ2) is 6.42. The number of methoxy groups -OCH3 is 1. The highest BCUT2D eigenvalue weighted by Crippen LogP contribution is 2.39. The second-order valence-corrected chi connectivity index (χ2v) is 5.81. The predicted molar refractivity (Wildman–Crippen MR) is 81.3 cm³/mol. The van der Waals surface area contributed by atoms with Gasteiger partial charge in [0.15, 0.2) is 0 Å². The molecule has 1 fully saturated rings. The Hall–Kier alpha value is -1.02. The Morgan fingerprint density at radius 3 is 2.68 bits per heavy atom. The van der Waals surface area contributed by atoms with Crippen LogP contribution in [0, 0.1) is 0 Å². The van der Waals surface area contributed by atoms with Crippen LogP contribution in [-0.4, -0.2) is 20.2 Å². The summed E-state index contributed by atoms with van der Waals surface area (Å²) in [5.41, 5.74) is 4.26. The molecular weight excluding hydrogens is 234 g/mol. The molecule has 1 saturated heterocycles. The minimum absolute atomic E-state index is 0.553. The van der Waals surface area contributed by atoms with Gasteiger partial charge >= 0.3 is 0 Å². The zero-order valence-electron chi connectivity index (χ0n) is 12.8. The standard InChI is InChI=1S/C17H27NO/c1-5-13-8-9-15(12(2)3)16(17(13)19-4)14-7-6-10-18-11-14/h8-9,12,14,18H,5-7,10-11H2,1-4H3. The molecule has 2 heteroatoms. The predicted octanol–water partition coefficient (Wildman–Crippen LogP) is 3.85. The summed E-state index contributed by atoms with van der Waals surface area (Å²) in [6.45, 7) is 9.00. The van der Waals surface area contributed by atoms with Crippen LogP contribution in [0.4, 0.5) is 0 Å². The zero-order chi connectivity index (χ0) is 13.8. The molecule has 1 aliphatic heterocycles. The minimum atomic E-state index is 0.553. The summed E-state index contributed by atoms with van der Waals surface area (Å²) in [6, 6.07) is 4.56. The van der Waals surface area contributed by atoms with Crippen LogP contribution in [0.3, 0.4) is 0 Å². The first-order valence-corrected chi connectivity index (χ1v) is 7.59. The van der Waals surface area contributed by atoms with Crippen molar-refractivity contribution in [3.05, 3.63) is 28.8 Å². The largest absolute Gasteiger partial charge is 0.496 e. The van der Waals surface area contributed by atoms with Gasteiger partial charge in [0.1, 0.15) is 5.75 Å². The van der Waals surface area contributed by atoms with Crippen molar-refractivity contribution in [2.75, 3.05) is 20.2 Å². The Morgan fingerprint density at radius 2 is 2.16 bits per heavy atom. The van der Waals surface area contributed by atoms with Gasteiger partial charge in [-0.15, -0.1) is 0 Å². The van der Waals surface area contributed by atoms with E-state index < -0.39 is 0 Å². The first-order valence-electron chi connectivity index (χ1n) is 7.59. The van der Waals surface area contributed by atoms with E-state index in [0.29, 0.717) is 11.8 Å². The topological polar surface area (TPSA) is 21.3 Å². The van der Waals surface area contributed by atoms with Crippen LogP contribution in [0.1, 0.15) is 62.1 Å². The Balaban J connectivity index is 2.51. The summed E-state index contributed by atoms with van der Waals surface area (Å²) < 4.78 is 5.78. The summed E-state index contributed by atoms with van der Waals surface area (Å²) >= 11 is 0. The quantitative estimate of drug-likeness (QED) is 0.889. The first kappa shape index (κ1) is 14.4. The van der Waals surface area contributed by atoms with Gasteiger partial charge in [0, 0.05) is 18.0 Å². The van der Waals surface area contributed by atoms with E-state index in [2.05, 4.69) is 38.2 Å². The van der Waals surface area contributed by atoms with Gasteiger partial charge in [0.25, 0.3) is 0 Å². The fourth-order valence-corrected chi connectivity index (χ4v) is 3.20. The highest BCUT2D eigenvalue weighted by Gasteiger charge is 2.24. The molecule has 19 heavy (non-hydrogen) atoms. The van der Waals surface area contributed by atoms with Gasteiger partial charge in [-0.05, 0) is 42.9 Å². The molecule has 1 aromatic rings. The lowest BCUT2D eigenvalue weighted by Gasteiger charge is -2.29. The molecule has 0 spiro atoms. The fraction of sp³-hybridized carbons (Fsp3) is 0.647. The van der Waals surface area contributed by atoms with Crippen molar-refractivity contribution >= 4 is 0 Å². The molecule has 1 aliphatic rings. The van der Waals surface area contributed by atoms with Gasteiger partial charge in [0.2, 0.25) is 0 Å². The lowest BCUT2D eigenvalue weighted by molar-refractivity contribution is 0.386. The molecule has 0 amide bonds. The second-order valence-electron chi connectivity index (χ2n) is 5.81. The fourth-order valence-electron chi connectivity index (χ4n) is 3.20. The number of nitrogens with one attached hydrogen (secondary N) is 1. The van der Waals surface area contributed by atoms with Crippen molar-refractivity contribution in [1.82, 2.24) is 5.32 Å². The van der Waals surface area contributed by atoms with Crippen molar-refractivity contribution in [3.8, 4) is 5.75 Å². The Labute approximate surface area is 117 Å². The van der Waals surface area contributed by atoms with E-state index in [1.165, 1.54) is 29.5 Å². The van der Waals surface area contributed by atoms with Gasteiger partial charge in [-0.3, -0.25) is 0 Å². The third kappa shape index (κ3) is 2.94. The highest BCUT2D eigenvalue weighted by molar-refractivity contribution is 5.50. The van der Waals surface area contributed by atoms with E-state index in [0.717, 1.165) is 25.3 Å². The lowest BCUT2D eigenvalue weighted by atomic mass is 9.82. The number of hydrogen-bond acceptors (Lipinski definition) is 2. The molecule has 1 aromatic carbocycles. The monoisotopic (exact) mass is 261 g/mol. The van der Waals surface area contributed by atoms with E-state index in [9.17, 15) is 0 Å². The number of benzene rings is 1. The Bertz CT molecular complexity index is 420. The number of piperidine rings is 1. The summed E-state index contributed by atoms with van der Waals surface area (Å²) in [5, 5.41) is 3.53. The van der Waals surface area contributed by atoms with Crippen LogP contribution in [0.5, 0.6) is 5.75 Å². The molecule has 106 valence electrons. The van der Waals surface area contributed by atoms with Crippen molar-refractivity contribution in [3.63, 3.8) is 0 Å². The van der Waals surface area contributed by atoms with Gasteiger partial charge in [-0.25, -0.2) is 0 Å². The van der Waals surface area contributed by atoms with Crippen LogP contribution in [0.15, 0.2) is 12.1 Å². The maximum Gasteiger partial charge on any atom is 0.125 e. The third-order valence-electron chi connectivity index (χ3n) is 4.22. The average molecular weight is 261 g/mol. The van der Waals surface area contributed by atoms with E-state index in [4.69, 9.17) is 4.74 Å². The SMILES string of the molecule is CCc1ccc(C(C)C)c(C2CCCNC2)c1OC. The van der Waals surface area contributed by atoms with E-state index >= 15 is 0 Å². The van der Waals surface area contributed by atoms with E-state index in [1.54, 1.807) is 0 Å². The average Bonchev–Trinajstić information content (AvgIpc) is 2.46. The van der Waals surface area contributed by atoms with E-state index in [1.807, 2.05) is 7.11 Å². The molecule has 1 atom stereocenters. The zero-order valence-corrected chi connectivity index (χ0v) is 12.8. The molecule has 0 aliphatic carbocycles. The van der Waals surface area contributed by atoms with Gasteiger partial charge in [-0.1, -0.05) is 32.9 Å². The molecule has 0 saturated carbocycles. The smallest absolute Gasteiger partial charge is 0.125 e. The van der Waals surface area contributed by atoms with Crippen molar-refractivity contribution in [2.24, 2.45) is 0 Å². The Morgan fingerprint density at radius 1 is 1.37 bits per heavy atom. The number of ether oxygens (including phenoxy) is 1. The summed E-state index contributed by atoms with van der Waals surface area (Å²) in [6.07, 6.45) is 3.58. The van der Waals surface area contributed by atoms with Crippen LogP contribution >= 0.6 is 0 Å². The minimum Gasteiger partial charge on any atom is -0.496 e. The summed E-state index contributed by atoms with van der Waals surface area (Å²) in [4.78, 5) is 0. The molecule has 0 radical (unpaired) electrons. The van der Waals surface area contributed by atoms with Crippen LogP contribution in [0.25, 0.3) is 0 Å². The van der Waals surface area contributed by atoms with Crippen LogP contribution in [-0.2, 0) is 6.42 Å². The number of aryl methyl sites for hydroxylation is 1. The molecule has 1 heterocycles. The normalized spacial score (nSPS) is 19.7. The molecule has 2 nitrogen and oxygen atoms in total. The first-order chi connectivity index (χ1) is 9.19. The van der Waals surface area contributed by atoms with Crippen LogP contribution < -0.4 is 10.1 Å². The summed E-state index contributed by atoms with van der Waals surface area (Å²) in [5.74, 6) is 2.30. The number of hydrogen-bond donors (Lipinski definition) is 1.